The van der Waals surface area contributed by atoms with Gasteiger partial charge in [0.2, 0.25) is 5.91 Å². The van der Waals surface area contributed by atoms with E-state index in [-0.39, 0.29) is 49.2 Å². The van der Waals surface area contributed by atoms with Gasteiger partial charge < -0.3 is 34.1 Å². The minimum Gasteiger partial charge on any atom is -0.480 e. The van der Waals surface area contributed by atoms with Gasteiger partial charge in [0.05, 0.1) is 24.6 Å². The van der Waals surface area contributed by atoms with Crippen LogP contribution in [0.5, 0.6) is 0 Å². The van der Waals surface area contributed by atoms with E-state index >= 15 is 0 Å². The third-order valence-electron chi connectivity index (χ3n) is 7.83. The highest BCUT2D eigenvalue weighted by Crippen LogP contribution is 2.44. The maximum Gasteiger partial charge on any atom is 0.413 e. The fourth-order valence-electron chi connectivity index (χ4n) is 5.72. The Hall–Kier alpha value is -5.57. The average molecular weight is 702 g/mol. The Bertz CT molecular complexity index is 1870. The first-order valence-electron chi connectivity index (χ1n) is 16.5. The van der Waals surface area contributed by atoms with Gasteiger partial charge in [-0.1, -0.05) is 48.5 Å². The molecule has 0 saturated carbocycles. The largest absolute Gasteiger partial charge is 0.480 e. The van der Waals surface area contributed by atoms with Gasteiger partial charge in [0.15, 0.2) is 17.0 Å². The second-order valence-corrected chi connectivity index (χ2v) is 14.2. The number of anilines is 1. The van der Waals surface area contributed by atoms with E-state index in [1.807, 2.05) is 69.3 Å². The lowest BCUT2D eigenvalue weighted by Crippen LogP contribution is -2.51. The van der Waals surface area contributed by atoms with E-state index in [1.54, 1.807) is 20.8 Å². The van der Waals surface area contributed by atoms with Crippen LogP contribution in [-0.2, 0) is 30.3 Å². The van der Waals surface area contributed by atoms with Crippen molar-refractivity contribution in [1.29, 1.82) is 0 Å². The molecular formula is C36H43N7O8. The molecule has 0 spiro atoms. The first-order chi connectivity index (χ1) is 24.1. The van der Waals surface area contributed by atoms with Crippen molar-refractivity contribution >= 4 is 41.0 Å². The Morgan fingerprint density at radius 1 is 0.902 bits per heavy atom. The van der Waals surface area contributed by atoms with Crippen molar-refractivity contribution in [1.82, 2.24) is 29.7 Å². The normalized spacial score (nSPS) is 13.2. The Kier molecular flexibility index (Phi) is 10.9. The zero-order valence-electron chi connectivity index (χ0n) is 29.5. The Morgan fingerprint density at radius 3 is 2.16 bits per heavy atom. The van der Waals surface area contributed by atoms with Crippen LogP contribution in [-0.4, -0.2) is 97.1 Å². The summed E-state index contributed by atoms with van der Waals surface area (Å²) < 4.78 is 18.4. The van der Waals surface area contributed by atoms with Crippen molar-refractivity contribution in [3.05, 3.63) is 72.3 Å². The summed E-state index contributed by atoms with van der Waals surface area (Å²) in [5.74, 6) is -1.92. The van der Waals surface area contributed by atoms with Crippen LogP contribution < -0.4 is 10.6 Å². The molecule has 15 heteroatoms. The molecule has 2 aromatic heterocycles. The fraction of sp³-hybridized carbons (Fsp3) is 0.417. The molecule has 2 aromatic carbocycles. The highest BCUT2D eigenvalue weighted by molar-refractivity contribution is 5.94. The van der Waals surface area contributed by atoms with Gasteiger partial charge in [-0.05, 0) is 63.8 Å². The molecule has 2 heterocycles. The monoisotopic (exact) mass is 701 g/mol. The number of ether oxygens (including phenoxy) is 3. The fourth-order valence-corrected chi connectivity index (χ4v) is 5.72. The molecule has 51 heavy (non-hydrogen) atoms. The predicted octanol–water partition coefficient (Wildman–Crippen LogP) is 4.81. The molecule has 0 aliphatic heterocycles. The summed E-state index contributed by atoms with van der Waals surface area (Å²) in [4.78, 5) is 64.8. The lowest BCUT2D eigenvalue weighted by Gasteiger charge is -2.29. The quantitative estimate of drug-likeness (QED) is 0.184. The number of aromatic nitrogens is 4. The summed E-state index contributed by atoms with van der Waals surface area (Å²) in [5.41, 5.74) is 3.39. The Labute approximate surface area is 295 Å². The van der Waals surface area contributed by atoms with Crippen molar-refractivity contribution in [2.75, 3.05) is 31.6 Å². The Balaban J connectivity index is 1.29. The number of aliphatic carboxylic acids is 1. The van der Waals surface area contributed by atoms with E-state index in [4.69, 9.17) is 14.2 Å². The second kappa shape index (κ2) is 15.1. The van der Waals surface area contributed by atoms with E-state index in [9.17, 15) is 24.3 Å². The number of nitrogens with one attached hydrogen (secondary N) is 2. The van der Waals surface area contributed by atoms with Crippen LogP contribution >= 0.6 is 0 Å². The molecule has 0 radical (unpaired) electrons. The number of alkyl carbamates (subject to hydrolysis) is 1. The van der Waals surface area contributed by atoms with Gasteiger partial charge in [-0.15, -0.1) is 0 Å². The Morgan fingerprint density at radius 2 is 1.55 bits per heavy atom. The summed E-state index contributed by atoms with van der Waals surface area (Å²) in [6.07, 6.45) is 1.06. The molecule has 15 nitrogen and oxygen atoms in total. The number of hydrogen-bond donors (Lipinski definition) is 3. The molecule has 3 amide bonds. The first kappa shape index (κ1) is 36.7. The molecule has 0 bridgehead atoms. The number of benzene rings is 2. The minimum atomic E-state index is -1.25. The zero-order valence-corrected chi connectivity index (χ0v) is 29.5. The van der Waals surface area contributed by atoms with Gasteiger partial charge in [-0.3, -0.25) is 14.9 Å². The maximum atomic E-state index is 13.7. The highest BCUT2D eigenvalue weighted by Gasteiger charge is 2.30. The SMILES string of the molecule is CC(C)(C)OC[C@@H](CN(CC(=O)O)C(=O)Cn1cnc2c(NC(=O)OC(C)(C)C)ncnc21)NC(=O)OCC1c2ccccc2-c2ccccc21. The van der Waals surface area contributed by atoms with E-state index in [0.717, 1.165) is 27.2 Å². The minimum absolute atomic E-state index is 0.0297. The van der Waals surface area contributed by atoms with Gasteiger partial charge in [0, 0.05) is 12.5 Å². The van der Waals surface area contributed by atoms with E-state index in [1.165, 1.54) is 17.2 Å². The molecule has 1 aliphatic carbocycles. The number of nitrogens with zero attached hydrogens (tertiary/aromatic N) is 5. The number of carboxylic acids is 1. The lowest BCUT2D eigenvalue weighted by molar-refractivity contribution is -0.145. The molecule has 1 aliphatic rings. The van der Waals surface area contributed by atoms with Gasteiger partial charge in [-0.25, -0.2) is 24.5 Å². The van der Waals surface area contributed by atoms with Crippen molar-refractivity contribution in [2.24, 2.45) is 0 Å². The maximum absolute atomic E-state index is 13.7. The highest BCUT2D eigenvalue weighted by atomic mass is 16.6. The second-order valence-electron chi connectivity index (χ2n) is 14.2. The number of amides is 3. The molecule has 0 saturated heterocycles. The van der Waals surface area contributed by atoms with E-state index in [0.29, 0.717) is 0 Å². The van der Waals surface area contributed by atoms with Gasteiger partial charge >= 0.3 is 18.2 Å². The first-order valence-corrected chi connectivity index (χ1v) is 16.5. The topological polar surface area (TPSA) is 187 Å². The van der Waals surface area contributed by atoms with Gasteiger partial charge in [0.1, 0.15) is 31.6 Å². The van der Waals surface area contributed by atoms with Crippen molar-refractivity contribution in [2.45, 2.75) is 71.2 Å². The van der Waals surface area contributed by atoms with Crippen molar-refractivity contribution in [3.63, 3.8) is 0 Å². The average Bonchev–Trinajstić information content (AvgIpc) is 3.60. The molecule has 270 valence electrons. The number of carbonyl (C=O) groups is 4. The number of carboxylic acid groups (broad SMARTS) is 1. The van der Waals surface area contributed by atoms with Crippen molar-refractivity contribution < 1.29 is 38.5 Å². The van der Waals surface area contributed by atoms with Crippen LogP contribution in [0.1, 0.15) is 58.6 Å². The molecule has 0 fully saturated rings. The third kappa shape index (κ3) is 9.57. The lowest BCUT2D eigenvalue weighted by atomic mass is 9.98. The summed E-state index contributed by atoms with van der Waals surface area (Å²) >= 11 is 0. The number of fused-ring (bicyclic) bond motifs is 4. The molecule has 1 atom stereocenters. The van der Waals surface area contributed by atoms with Crippen LogP contribution in [0.4, 0.5) is 15.4 Å². The predicted molar refractivity (Wildman–Crippen MR) is 187 cm³/mol. The summed E-state index contributed by atoms with van der Waals surface area (Å²) in [5, 5.41) is 15.0. The number of hydrogen-bond acceptors (Lipinski definition) is 10. The standard InChI is InChI=1S/C36H43N7O8/c1-35(2,3)50-18-22(40-33(47)49-19-27-25-13-9-7-11-23(25)24-12-8-10-14-26(24)27)15-42(17-29(45)46)28(44)16-43-21-39-30-31(37-20-38-32(30)43)41-34(48)51-36(4,5)6/h7-14,20-22,27H,15-19H2,1-6H3,(H,40,47)(H,45,46)(H,37,38,41,48)/t22-/m1/s1. The van der Waals surface area contributed by atoms with E-state index in [2.05, 4.69) is 25.6 Å². The smallest absolute Gasteiger partial charge is 0.413 e. The van der Waals surface area contributed by atoms with Crippen LogP contribution in [0, 0.1) is 0 Å². The van der Waals surface area contributed by atoms with Crippen LogP contribution in [0.25, 0.3) is 22.3 Å². The number of imidazole rings is 1. The zero-order chi connectivity index (χ0) is 36.9. The molecule has 4 aromatic rings. The van der Waals surface area contributed by atoms with E-state index < -0.39 is 47.9 Å². The summed E-state index contributed by atoms with van der Waals surface area (Å²) in [7, 11) is 0. The molecule has 3 N–H and O–H groups in total. The van der Waals surface area contributed by atoms with Crippen molar-refractivity contribution in [3.8, 4) is 11.1 Å². The molecule has 5 rings (SSSR count). The number of rotatable bonds is 12. The summed E-state index contributed by atoms with van der Waals surface area (Å²) in [6, 6.07) is 15.1. The molecular weight excluding hydrogens is 658 g/mol. The third-order valence-corrected chi connectivity index (χ3v) is 7.83. The molecule has 0 unspecified atom stereocenters. The summed E-state index contributed by atoms with van der Waals surface area (Å²) in [6.45, 7) is 9.55. The van der Waals surface area contributed by atoms with Crippen LogP contribution in [0.2, 0.25) is 0 Å². The van der Waals surface area contributed by atoms with Crippen LogP contribution in [0.15, 0.2) is 61.2 Å². The van der Waals surface area contributed by atoms with Crippen LogP contribution in [0.3, 0.4) is 0 Å². The van der Waals surface area contributed by atoms with Gasteiger partial charge in [-0.2, -0.15) is 0 Å². The van der Waals surface area contributed by atoms with Gasteiger partial charge in [0.25, 0.3) is 0 Å². The number of carbonyl (C=O) groups excluding carboxylic acids is 3.